The zero-order chi connectivity index (χ0) is 8.81. The van der Waals surface area contributed by atoms with Crippen molar-refractivity contribution in [1.29, 1.82) is 0 Å². The van der Waals surface area contributed by atoms with Gasteiger partial charge in [-0.2, -0.15) is 0 Å². The van der Waals surface area contributed by atoms with E-state index >= 15 is 0 Å². The van der Waals surface area contributed by atoms with E-state index in [1.807, 2.05) is 0 Å². The molecule has 0 bridgehead atoms. The van der Waals surface area contributed by atoms with Crippen LogP contribution in [-0.4, -0.2) is 49.5 Å². The molecule has 1 saturated heterocycles. The predicted octanol–water partition coefficient (Wildman–Crippen LogP) is 0.480. The lowest BCUT2D eigenvalue weighted by Crippen LogP contribution is -2.37. The number of rotatable bonds is 4. The van der Waals surface area contributed by atoms with Gasteiger partial charge in [-0.3, -0.25) is 0 Å². The first kappa shape index (κ1) is 9.96. The lowest BCUT2D eigenvalue weighted by atomic mass is 10.1. The maximum Gasteiger partial charge on any atom is 0.0595 e. The van der Waals surface area contributed by atoms with Crippen LogP contribution in [0.2, 0.25) is 0 Å². The minimum Gasteiger partial charge on any atom is -0.396 e. The summed E-state index contributed by atoms with van der Waals surface area (Å²) in [6, 6.07) is 0. The van der Waals surface area contributed by atoms with Gasteiger partial charge in [0.05, 0.1) is 6.10 Å². The summed E-state index contributed by atoms with van der Waals surface area (Å²) < 4.78 is 5.27. The van der Waals surface area contributed by atoms with Crippen molar-refractivity contribution in [2.75, 3.05) is 33.4 Å². The molecule has 0 unspecified atom stereocenters. The van der Waals surface area contributed by atoms with Gasteiger partial charge in [0.15, 0.2) is 0 Å². The van der Waals surface area contributed by atoms with Crippen LogP contribution in [0.5, 0.6) is 0 Å². The molecule has 0 atom stereocenters. The third-order valence-corrected chi connectivity index (χ3v) is 2.50. The second kappa shape index (κ2) is 5.51. The van der Waals surface area contributed by atoms with Crippen molar-refractivity contribution in [2.24, 2.45) is 0 Å². The first-order chi connectivity index (χ1) is 5.86. The molecule has 0 saturated carbocycles. The van der Waals surface area contributed by atoms with E-state index in [1.54, 1.807) is 7.11 Å². The highest BCUT2D eigenvalue weighted by molar-refractivity contribution is 4.71. The smallest absolute Gasteiger partial charge is 0.0595 e. The molecule has 12 heavy (non-hydrogen) atoms. The van der Waals surface area contributed by atoms with Crippen molar-refractivity contribution in [2.45, 2.75) is 25.4 Å². The Morgan fingerprint density at radius 2 is 2.08 bits per heavy atom. The molecule has 0 aromatic rings. The molecular formula is C9H19NO2. The molecule has 1 aliphatic rings. The molecule has 0 amide bonds. The van der Waals surface area contributed by atoms with Gasteiger partial charge in [-0.1, -0.05) is 0 Å². The number of piperidine rings is 1. The number of nitrogens with zero attached hydrogens (tertiary/aromatic N) is 1. The zero-order valence-electron chi connectivity index (χ0n) is 7.83. The summed E-state index contributed by atoms with van der Waals surface area (Å²) in [4.78, 5) is 2.39. The lowest BCUT2D eigenvalue weighted by Gasteiger charge is -2.30. The van der Waals surface area contributed by atoms with Crippen LogP contribution in [-0.2, 0) is 4.74 Å². The Bertz CT molecular complexity index is 111. The van der Waals surface area contributed by atoms with Gasteiger partial charge in [-0.15, -0.1) is 0 Å². The molecule has 0 spiro atoms. The van der Waals surface area contributed by atoms with Crippen LogP contribution in [0.3, 0.4) is 0 Å². The highest BCUT2D eigenvalue weighted by Crippen LogP contribution is 2.12. The number of methoxy groups -OCH3 is 1. The predicted molar refractivity (Wildman–Crippen MR) is 48.2 cm³/mol. The van der Waals surface area contributed by atoms with Crippen LogP contribution < -0.4 is 0 Å². The van der Waals surface area contributed by atoms with E-state index in [0.29, 0.717) is 12.7 Å². The van der Waals surface area contributed by atoms with E-state index in [2.05, 4.69) is 4.90 Å². The molecule has 0 radical (unpaired) electrons. The number of aliphatic hydroxyl groups excluding tert-OH is 1. The van der Waals surface area contributed by atoms with Crippen LogP contribution in [0, 0.1) is 0 Å². The molecule has 1 N–H and O–H groups in total. The summed E-state index contributed by atoms with van der Waals surface area (Å²) in [7, 11) is 1.79. The fraction of sp³-hybridized carbons (Fsp3) is 1.00. The maximum absolute atomic E-state index is 8.64. The quantitative estimate of drug-likeness (QED) is 0.671. The van der Waals surface area contributed by atoms with Gasteiger partial charge in [0.1, 0.15) is 0 Å². The summed E-state index contributed by atoms with van der Waals surface area (Å²) in [6.07, 6.45) is 3.65. The molecule has 0 aromatic heterocycles. The topological polar surface area (TPSA) is 32.7 Å². The zero-order valence-corrected chi connectivity index (χ0v) is 7.83. The van der Waals surface area contributed by atoms with Crippen LogP contribution in [0.15, 0.2) is 0 Å². The normalized spacial score (nSPS) is 21.5. The first-order valence-corrected chi connectivity index (χ1v) is 4.73. The van der Waals surface area contributed by atoms with Crippen LogP contribution in [0.25, 0.3) is 0 Å². The maximum atomic E-state index is 8.64. The van der Waals surface area contributed by atoms with Crippen molar-refractivity contribution in [1.82, 2.24) is 4.90 Å². The molecule has 1 fully saturated rings. The van der Waals surface area contributed by atoms with Crippen molar-refractivity contribution < 1.29 is 9.84 Å². The van der Waals surface area contributed by atoms with Gasteiger partial charge in [0.2, 0.25) is 0 Å². The average Bonchev–Trinajstić information content (AvgIpc) is 2.15. The van der Waals surface area contributed by atoms with Crippen LogP contribution >= 0.6 is 0 Å². The van der Waals surface area contributed by atoms with E-state index in [-0.39, 0.29) is 0 Å². The molecule has 3 heteroatoms. The van der Waals surface area contributed by atoms with Gasteiger partial charge in [0, 0.05) is 33.4 Å². The largest absolute Gasteiger partial charge is 0.396 e. The number of ether oxygens (including phenoxy) is 1. The van der Waals surface area contributed by atoms with Crippen molar-refractivity contribution in [3.63, 3.8) is 0 Å². The Labute approximate surface area is 74.3 Å². The minimum atomic E-state index is 0.310. The lowest BCUT2D eigenvalue weighted by molar-refractivity contribution is 0.0396. The third kappa shape index (κ3) is 3.09. The molecule has 1 rings (SSSR count). The summed E-state index contributed by atoms with van der Waals surface area (Å²) in [5.74, 6) is 0. The first-order valence-electron chi connectivity index (χ1n) is 4.73. The Kier molecular flexibility index (Phi) is 4.58. The standard InChI is InChI=1S/C9H19NO2/c1-12-9-3-6-10(7-4-9)5-2-8-11/h9,11H,2-8H2,1H3. The molecule has 72 valence electrons. The summed E-state index contributed by atoms with van der Waals surface area (Å²) >= 11 is 0. The average molecular weight is 173 g/mol. The van der Waals surface area contributed by atoms with Gasteiger partial charge >= 0.3 is 0 Å². The fourth-order valence-electron chi connectivity index (χ4n) is 1.66. The molecule has 0 aliphatic carbocycles. The third-order valence-electron chi connectivity index (χ3n) is 2.50. The van der Waals surface area contributed by atoms with E-state index in [0.717, 1.165) is 38.9 Å². The van der Waals surface area contributed by atoms with E-state index < -0.39 is 0 Å². The Hall–Kier alpha value is -0.120. The SMILES string of the molecule is COC1CCN(CCCO)CC1. The number of hydrogen-bond donors (Lipinski definition) is 1. The van der Waals surface area contributed by atoms with E-state index in [1.165, 1.54) is 0 Å². The molecular weight excluding hydrogens is 154 g/mol. The van der Waals surface area contributed by atoms with Crippen molar-refractivity contribution in [3.05, 3.63) is 0 Å². The second-order valence-corrected chi connectivity index (χ2v) is 3.35. The minimum absolute atomic E-state index is 0.310. The van der Waals surface area contributed by atoms with Crippen molar-refractivity contribution in [3.8, 4) is 0 Å². The highest BCUT2D eigenvalue weighted by atomic mass is 16.5. The summed E-state index contributed by atoms with van der Waals surface area (Å²) in [5.41, 5.74) is 0. The van der Waals surface area contributed by atoms with Crippen LogP contribution in [0.1, 0.15) is 19.3 Å². The Morgan fingerprint density at radius 1 is 1.42 bits per heavy atom. The summed E-state index contributed by atoms with van der Waals surface area (Å²) in [6.45, 7) is 3.59. The summed E-state index contributed by atoms with van der Waals surface area (Å²) in [5, 5.41) is 8.64. The van der Waals surface area contributed by atoms with E-state index in [4.69, 9.17) is 9.84 Å². The van der Waals surface area contributed by atoms with Gasteiger partial charge in [-0.05, 0) is 19.3 Å². The number of aliphatic hydroxyl groups is 1. The molecule has 0 aromatic carbocycles. The van der Waals surface area contributed by atoms with Gasteiger partial charge < -0.3 is 14.7 Å². The molecule has 3 nitrogen and oxygen atoms in total. The molecule has 1 heterocycles. The van der Waals surface area contributed by atoms with E-state index in [9.17, 15) is 0 Å². The fourth-order valence-corrected chi connectivity index (χ4v) is 1.66. The van der Waals surface area contributed by atoms with Crippen molar-refractivity contribution >= 4 is 0 Å². The molecule has 1 aliphatic heterocycles. The monoisotopic (exact) mass is 173 g/mol. The van der Waals surface area contributed by atoms with Gasteiger partial charge in [-0.25, -0.2) is 0 Å². The second-order valence-electron chi connectivity index (χ2n) is 3.35. The van der Waals surface area contributed by atoms with Crippen LogP contribution in [0.4, 0.5) is 0 Å². The Morgan fingerprint density at radius 3 is 2.58 bits per heavy atom. The number of hydrogen-bond acceptors (Lipinski definition) is 3. The Balaban J connectivity index is 2.09. The highest BCUT2D eigenvalue weighted by Gasteiger charge is 2.17. The number of likely N-dealkylation sites (tertiary alicyclic amines) is 1. The van der Waals surface area contributed by atoms with Gasteiger partial charge in [0.25, 0.3) is 0 Å².